The van der Waals surface area contributed by atoms with Gasteiger partial charge in [-0.05, 0) is 36.6 Å². The number of aromatic nitrogens is 1. The lowest BCUT2D eigenvalue weighted by atomic mass is 10.0. The first-order valence-corrected chi connectivity index (χ1v) is 10.4. The Balaban J connectivity index is 0.00000289. The van der Waals surface area contributed by atoms with Gasteiger partial charge in [0, 0.05) is 25.3 Å². The molecule has 186 valence electrons. The minimum atomic E-state index is -4.62. The van der Waals surface area contributed by atoms with E-state index >= 15 is 0 Å². The Morgan fingerprint density at radius 1 is 1.00 bits per heavy atom. The maximum atomic E-state index is 13.5. The quantitative estimate of drug-likeness (QED) is 0.415. The molecule has 0 radical (unpaired) electrons. The van der Waals surface area contributed by atoms with Crippen molar-refractivity contribution in [3.8, 4) is 11.3 Å². The van der Waals surface area contributed by atoms with Gasteiger partial charge in [-0.2, -0.15) is 40.2 Å². The molecule has 3 rings (SSSR count). The van der Waals surface area contributed by atoms with Gasteiger partial charge in [-0.15, -0.1) is 0 Å². The average Bonchev–Trinajstić information content (AvgIpc) is 2.77. The highest BCUT2D eigenvalue weighted by molar-refractivity contribution is 7.59. The molecule has 0 bridgehead atoms. The molecule has 2 atom stereocenters. The number of benzene rings is 2. The summed E-state index contributed by atoms with van der Waals surface area (Å²) in [4.78, 5) is 3.79. The van der Waals surface area contributed by atoms with Gasteiger partial charge in [0.1, 0.15) is 5.69 Å². The fourth-order valence-electron chi connectivity index (χ4n) is 3.45. The van der Waals surface area contributed by atoms with E-state index in [1.54, 1.807) is 19.2 Å². The number of alkyl halides is 3. The number of rotatable bonds is 9. The summed E-state index contributed by atoms with van der Waals surface area (Å²) in [5.41, 5.74) is 1.96. The average molecular weight is 513 g/mol. The number of methoxy groups -OCH3 is 1. The van der Waals surface area contributed by atoms with Gasteiger partial charge < -0.3 is 15.2 Å². The molecule has 3 aromatic rings. The van der Waals surface area contributed by atoms with Crippen LogP contribution in [0.15, 0.2) is 66.7 Å². The summed E-state index contributed by atoms with van der Waals surface area (Å²) in [5, 5.41) is 13.9. The fourth-order valence-corrected chi connectivity index (χ4v) is 3.45. The lowest BCUT2D eigenvalue weighted by Gasteiger charge is -2.21. The normalized spacial score (nSPS) is 12.9. The lowest BCUT2D eigenvalue weighted by molar-refractivity contribution is -0.141. The smallest absolute Gasteiger partial charge is 0.387 e. The molecule has 0 spiro atoms. The molecule has 0 fully saturated rings. The number of aliphatic hydroxyl groups excluding tert-OH is 1. The van der Waals surface area contributed by atoms with Crippen molar-refractivity contribution in [1.82, 2.24) is 10.3 Å². The molecule has 34 heavy (non-hydrogen) atoms. The second-order valence-corrected chi connectivity index (χ2v) is 7.80. The zero-order chi connectivity index (χ0) is 23.1. The van der Waals surface area contributed by atoms with Crippen molar-refractivity contribution >= 4 is 27.0 Å². The number of pyridine rings is 1. The van der Waals surface area contributed by atoms with Crippen LogP contribution >= 0.6 is 27.0 Å². The first-order valence-electron chi connectivity index (χ1n) is 10.4. The maximum Gasteiger partial charge on any atom is 0.433 e. The number of nitrogens with one attached hydrogen (secondary N) is 1. The summed E-state index contributed by atoms with van der Waals surface area (Å²) < 4.78 is 45.7. The summed E-state index contributed by atoms with van der Waals surface area (Å²) >= 11 is 0. The number of ether oxygens (including phenoxy) is 1. The molecule has 9 heteroatoms. The van der Waals surface area contributed by atoms with Crippen LogP contribution in [0.25, 0.3) is 11.3 Å². The van der Waals surface area contributed by atoms with E-state index in [1.807, 2.05) is 49.4 Å². The standard InChI is InChI=1S/C25H27F3N2O2.2H2S/c1-17-8-10-19(11-9-17)22-13-20(14-24(30-22)25(26,27)28)23(31)15-29-21(16-32-2)12-18-6-4-3-5-7-18;;/h3-11,13-14,21,23,29,31H,12,15-16H2,1-2H3;2*1H2/t21-,23+;;/m0../s1. The molecule has 0 amide bonds. The van der Waals surface area contributed by atoms with Crippen molar-refractivity contribution in [2.24, 2.45) is 0 Å². The van der Waals surface area contributed by atoms with E-state index in [9.17, 15) is 18.3 Å². The van der Waals surface area contributed by atoms with E-state index in [-0.39, 0.29) is 50.8 Å². The third kappa shape index (κ3) is 8.63. The number of hydrogen-bond donors (Lipinski definition) is 2. The lowest BCUT2D eigenvalue weighted by Crippen LogP contribution is -2.38. The molecular weight excluding hydrogens is 481 g/mol. The molecule has 0 aliphatic rings. The third-order valence-corrected chi connectivity index (χ3v) is 5.16. The molecule has 0 saturated heterocycles. The van der Waals surface area contributed by atoms with Crippen LogP contribution in [0.3, 0.4) is 0 Å². The first kappa shape index (κ1) is 30.0. The van der Waals surface area contributed by atoms with Gasteiger partial charge >= 0.3 is 6.18 Å². The van der Waals surface area contributed by atoms with Gasteiger partial charge in [0.2, 0.25) is 0 Å². The van der Waals surface area contributed by atoms with Crippen molar-refractivity contribution in [3.63, 3.8) is 0 Å². The Hall–Kier alpha value is -2.04. The Morgan fingerprint density at radius 3 is 2.24 bits per heavy atom. The zero-order valence-electron chi connectivity index (χ0n) is 19.1. The van der Waals surface area contributed by atoms with Crippen molar-refractivity contribution in [2.45, 2.75) is 31.7 Å². The van der Waals surface area contributed by atoms with Gasteiger partial charge in [-0.25, -0.2) is 4.98 Å². The van der Waals surface area contributed by atoms with Crippen molar-refractivity contribution < 1.29 is 23.0 Å². The molecule has 1 heterocycles. The van der Waals surface area contributed by atoms with E-state index in [0.717, 1.165) is 17.2 Å². The van der Waals surface area contributed by atoms with Crippen LogP contribution in [-0.2, 0) is 17.3 Å². The highest BCUT2D eigenvalue weighted by Crippen LogP contribution is 2.32. The summed E-state index contributed by atoms with van der Waals surface area (Å²) in [6.45, 7) is 2.38. The summed E-state index contributed by atoms with van der Waals surface area (Å²) in [6.07, 6.45) is -5.09. The summed E-state index contributed by atoms with van der Waals surface area (Å²) in [7, 11) is 1.59. The van der Waals surface area contributed by atoms with Crippen LogP contribution < -0.4 is 5.32 Å². The van der Waals surface area contributed by atoms with E-state index in [2.05, 4.69) is 10.3 Å². The topological polar surface area (TPSA) is 54.4 Å². The Kier molecular flexibility index (Phi) is 12.1. The summed E-state index contributed by atoms with van der Waals surface area (Å²) in [6, 6.07) is 19.2. The van der Waals surface area contributed by atoms with E-state index in [1.165, 1.54) is 6.07 Å². The molecule has 2 aromatic carbocycles. The molecular formula is C25H31F3N2O2S2. The number of aliphatic hydroxyl groups is 1. The number of nitrogens with zero attached hydrogens (tertiary/aromatic N) is 1. The fraction of sp³-hybridized carbons (Fsp3) is 0.320. The SMILES string of the molecule is COC[C@H](Cc1ccccc1)NC[C@@H](O)c1cc(-c2ccc(C)cc2)nc(C(F)(F)F)c1.S.S. The van der Waals surface area contributed by atoms with E-state index < -0.39 is 18.0 Å². The Morgan fingerprint density at radius 2 is 1.65 bits per heavy atom. The molecule has 0 unspecified atom stereocenters. The van der Waals surface area contributed by atoms with Crippen LogP contribution in [0.2, 0.25) is 0 Å². The highest BCUT2D eigenvalue weighted by Gasteiger charge is 2.34. The Bertz CT molecular complexity index is 1000. The number of halogens is 3. The predicted octanol–water partition coefficient (Wildman–Crippen LogP) is 5.18. The predicted molar refractivity (Wildman–Crippen MR) is 139 cm³/mol. The first-order chi connectivity index (χ1) is 15.3. The highest BCUT2D eigenvalue weighted by atomic mass is 32.1. The second-order valence-electron chi connectivity index (χ2n) is 7.80. The minimum Gasteiger partial charge on any atom is -0.387 e. The molecule has 2 N–H and O–H groups in total. The number of aryl methyl sites for hydroxylation is 1. The summed E-state index contributed by atoms with van der Waals surface area (Å²) in [5.74, 6) is 0. The van der Waals surface area contributed by atoms with Gasteiger partial charge in [0.05, 0.1) is 18.4 Å². The maximum absolute atomic E-state index is 13.5. The van der Waals surface area contributed by atoms with Crippen LogP contribution in [0.5, 0.6) is 0 Å². The molecule has 0 aliphatic carbocycles. The zero-order valence-corrected chi connectivity index (χ0v) is 21.1. The third-order valence-electron chi connectivity index (χ3n) is 5.16. The van der Waals surface area contributed by atoms with Gasteiger partial charge in [-0.1, -0.05) is 60.2 Å². The van der Waals surface area contributed by atoms with Crippen LogP contribution in [-0.4, -0.2) is 36.4 Å². The van der Waals surface area contributed by atoms with E-state index in [0.29, 0.717) is 18.6 Å². The van der Waals surface area contributed by atoms with Gasteiger partial charge in [0.15, 0.2) is 0 Å². The number of hydrogen-bond acceptors (Lipinski definition) is 4. The van der Waals surface area contributed by atoms with Crippen LogP contribution in [0.4, 0.5) is 13.2 Å². The minimum absolute atomic E-state index is 0. The molecule has 0 saturated carbocycles. The van der Waals surface area contributed by atoms with Crippen LogP contribution in [0.1, 0.15) is 28.5 Å². The largest absolute Gasteiger partial charge is 0.433 e. The van der Waals surface area contributed by atoms with E-state index in [4.69, 9.17) is 4.74 Å². The van der Waals surface area contributed by atoms with Crippen molar-refractivity contribution in [1.29, 1.82) is 0 Å². The monoisotopic (exact) mass is 512 g/mol. The second kappa shape index (κ2) is 13.7. The molecule has 0 aliphatic heterocycles. The Labute approximate surface area is 212 Å². The van der Waals surface area contributed by atoms with Gasteiger partial charge in [0.25, 0.3) is 0 Å². The van der Waals surface area contributed by atoms with Crippen LogP contribution in [0, 0.1) is 6.92 Å². The van der Waals surface area contributed by atoms with Crippen molar-refractivity contribution in [2.75, 3.05) is 20.3 Å². The molecule has 4 nitrogen and oxygen atoms in total. The van der Waals surface area contributed by atoms with Crippen molar-refractivity contribution in [3.05, 3.63) is 89.1 Å². The molecule has 1 aromatic heterocycles. The van der Waals surface area contributed by atoms with Gasteiger partial charge in [-0.3, -0.25) is 0 Å².